The Kier molecular flexibility index (Phi) is 5.14. The van der Waals surface area contributed by atoms with Gasteiger partial charge in [-0.25, -0.2) is 4.68 Å². The van der Waals surface area contributed by atoms with Gasteiger partial charge < -0.3 is 11.1 Å². The van der Waals surface area contributed by atoms with Crippen molar-refractivity contribution in [1.29, 1.82) is 0 Å². The lowest BCUT2D eigenvalue weighted by Crippen LogP contribution is -2.15. The number of anilines is 1. The highest BCUT2D eigenvalue weighted by Crippen LogP contribution is 2.22. The van der Waals surface area contributed by atoms with Crippen molar-refractivity contribution in [2.45, 2.75) is 33.7 Å². The van der Waals surface area contributed by atoms with E-state index in [9.17, 15) is 4.79 Å². The van der Waals surface area contributed by atoms with Crippen molar-refractivity contribution in [3.63, 3.8) is 0 Å². The van der Waals surface area contributed by atoms with Crippen LogP contribution < -0.4 is 11.1 Å². The second kappa shape index (κ2) is 7.49. The molecule has 134 valence electrons. The first kappa shape index (κ1) is 17.8. The number of hydrogen-bond donors (Lipinski definition) is 2. The van der Waals surface area contributed by atoms with Crippen LogP contribution in [0.5, 0.6) is 0 Å². The summed E-state index contributed by atoms with van der Waals surface area (Å²) in [6.07, 6.45) is 3.63. The molecule has 0 aliphatic rings. The number of carbonyl (C=O) groups excluding carboxylic acids is 1. The van der Waals surface area contributed by atoms with Gasteiger partial charge in [-0.3, -0.25) is 9.78 Å². The molecular weight excluding hydrogens is 326 g/mol. The molecule has 1 amide bonds. The van der Waals surface area contributed by atoms with E-state index in [2.05, 4.69) is 40.5 Å². The van der Waals surface area contributed by atoms with E-state index in [1.54, 1.807) is 12.4 Å². The maximum absolute atomic E-state index is 12.4. The van der Waals surface area contributed by atoms with E-state index in [1.807, 2.05) is 30.7 Å². The van der Waals surface area contributed by atoms with Crippen LogP contribution in [0.4, 0.5) is 5.69 Å². The Bertz CT molecular complexity index is 945. The first-order valence-electron chi connectivity index (χ1n) is 8.54. The van der Waals surface area contributed by atoms with Crippen molar-refractivity contribution in [3.05, 3.63) is 70.8 Å². The van der Waals surface area contributed by atoms with Gasteiger partial charge in [-0.1, -0.05) is 12.1 Å². The highest BCUT2D eigenvalue weighted by molar-refractivity contribution is 5.92. The average molecular weight is 349 g/mol. The molecule has 0 radical (unpaired) electrons. The molecule has 0 saturated carbocycles. The summed E-state index contributed by atoms with van der Waals surface area (Å²) in [4.78, 5) is 16.5. The maximum atomic E-state index is 12.4. The van der Waals surface area contributed by atoms with E-state index >= 15 is 0 Å². The van der Waals surface area contributed by atoms with Gasteiger partial charge in [-0.2, -0.15) is 5.10 Å². The predicted molar refractivity (Wildman–Crippen MR) is 102 cm³/mol. The van der Waals surface area contributed by atoms with Gasteiger partial charge in [0.25, 0.3) is 0 Å². The Hall–Kier alpha value is -2.99. The normalized spacial score (nSPS) is 10.8. The van der Waals surface area contributed by atoms with Crippen LogP contribution in [0.3, 0.4) is 0 Å². The van der Waals surface area contributed by atoms with Crippen LogP contribution in [0.2, 0.25) is 0 Å². The minimum Gasteiger partial charge on any atom is -0.325 e. The Morgan fingerprint density at radius 1 is 1.19 bits per heavy atom. The summed E-state index contributed by atoms with van der Waals surface area (Å²) < 4.78 is 1.86. The molecule has 3 N–H and O–H groups in total. The smallest absolute Gasteiger partial charge is 0.228 e. The molecule has 0 unspecified atom stereocenters. The quantitative estimate of drug-likeness (QED) is 0.742. The molecule has 2 aromatic heterocycles. The highest BCUT2D eigenvalue weighted by atomic mass is 16.1. The standard InChI is InChI=1S/C20H23N5O/c1-13-4-5-14(2)19(8-13)25-15(3)18(12-23-25)24-20(26)10-16-6-7-22-17(9-16)11-21/h4-9,12H,10-11,21H2,1-3H3,(H,24,26). The zero-order valence-electron chi connectivity index (χ0n) is 15.3. The van der Waals surface area contributed by atoms with Crippen LogP contribution in [-0.2, 0) is 17.8 Å². The van der Waals surface area contributed by atoms with E-state index in [0.717, 1.165) is 28.2 Å². The molecule has 1 aromatic carbocycles. The molecule has 3 aromatic rings. The van der Waals surface area contributed by atoms with Gasteiger partial charge in [0.15, 0.2) is 0 Å². The Morgan fingerprint density at radius 3 is 2.77 bits per heavy atom. The van der Waals surface area contributed by atoms with Crippen molar-refractivity contribution in [2.75, 3.05) is 5.32 Å². The third-order valence-electron chi connectivity index (χ3n) is 4.33. The Balaban J connectivity index is 1.77. The van der Waals surface area contributed by atoms with Crippen molar-refractivity contribution in [1.82, 2.24) is 14.8 Å². The number of aryl methyl sites for hydroxylation is 2. The van der Waals surface area contributed by atoms with Crippen molar-refractivity contribution < 1.29 is 4.79 Å². The summed E-state index contributed by atoms with van der Waals surface area (Å²) in [5.74, 6) is -0.0946. The van der Waals surface area contributed by atoms with Crippen molar-refractivity contribution >= 4 is 11.6 Å². The van der Waals surface area contributed by atoms with Crippen LogP contribution in [-0.4, -0.2) is 20.7 Å². The van der Waals surface area contributed by atoms with Gasteiger partial charge in [-0.15, -0.1) is 0 Å². The summed E-state index contributed by atoms with van der Waals surface area (Å²) >= 11 is 0. The topological polar surface area (TPSA) is 85.8 Å². The average Bonchev–Trinajstić information content (AvgIpc) is 2.97. The molecule has 26 heavy (non-hydrogen) atoms. The molecule has 0 atom stereocenters. The number of hydrogen-bond acceptors (Lipinski definition) is 4. The summed E-state index contributed by atoms with van der Waals surface area (Å²) in [6, 6.07) is 9.91. The number of amides is 1. The van der Waals surface area contributed by atoms with E-state index in [-0.39, 0.29) is 12.3 Å². The molecular formula is C20H23N5O. The van der Waals surface area contributed by atoms with Gasteiger partial charge in [0.05, 0.1) is 35.4 Å². The lowest BCUT2D eigenvalue weighted by Gasteiger charge is -2.10. The zero-order chi connectivity index (χ0) is 18.7. The third-order valence-corrected chi connectivity index (χ3v) is 4.33. The van der Waals surface area contributed by atoms with Crippen LogP contribution in [0.25, 0.3) is 5.69 Å². The maximum Gasteiger partial charge on any atom is 0.228 e. The number of nitrogens with zero attached hydrogens (tertiary/aromatic N) is 3. The van der Waals surface area contributed by atoms with Gasteiger partial charge in [0.1, 0.15) is 0 Å². The SMILES string of the molecule is Cc1ccc(C)c(-n2ncc(NC(=O)Cc3ccnc(CN)c3)c2C)c1. The molecule has 0 aliphatic carbocycles. The molecule has 2 heterocycles. The molecule has 6 heteroatoms. The van der Waals surface area contributed by atoms with Gasteiger partial charge in [0, 0.05) is 12.7 Å². The van der Waals surface area contributed by atoms with Crippen molar-refractivity contribution in [3.8, 4) is 5.69 Å². The Morgan fingerprint density at radius 2 is 2.00 bits per heavy atom. The second-order valence-corrected chi connectivity index (χ2v) is 6.43. The number of nitrogens with one attached hydrogen (secondary N) is 1. The lowest BCUT2D eigenvalue weighted by molar-refractivity contribution is -0.115. The van der Waals surface area contributed by atoms with Gasteiger partial charge >= 0.3 is 0 Å². The van der Waals surface area contributed by atoms with E-state index in [0.29, 0.717) is 12.2 Å². The van der Waals surface area contributed by atoms with Crippen LogP contribution in [0.1, 0.15) is 28.1 Å². The monoisotopic (exact) mass is 349 g/mol. The number of carbonyl (C=O) groups is 1. The molecule has 0 spiro atoms. The second-order valence-electron chi connectivity index (χ2n) is 6.43. The number of nitrogens with two attached hydrogens (primary N) is 1. The molecule has 0 fully saturated rings. The number of pyridine rings is 1. The lowest BCUT2D eigenvalue weighted by atomic mass is 10.1. The fraction of sp³-hybridized carbons (Fsp3) is 0.250. The van der Waals surface area contributed by atoms with E-state index in [1.165, 1.54) is 5.56 Å². The van der Waals surface area contributed by atoms with Crippen molar-refractivity contribution in [2.24, 2.45) is 5.73 Å². The van der Waals surface area contributed by atoms with Crippen LogP contribution in [0.15, 0.2) is 42.7 Å². The number of benzene rings is 1. The van der Waals surface area contributed by atoms with E-state index in [4.69, 9.17) is 5.73 Å². The number of rotatable bonds is 5. The largest absolute Gasteiger partial charge is 0.325 e. The summed E-state index contributed by atoms with van der Waals surface area (Å²) in [5, 5.41) is 7.40. The zero-order valence-corrected chi connectivity index (χ0v) is 15.3. The van der Waals surface area contributed by atoms with Gasteiger partial charge in [-0.05, 0) is 55.7 Å². The Labute approximate surface area is 153 Å². The third kappa shape index (κ3) is 3.81. The summed E-state index contributed by atoms with van der Waals surface area (Å²) in [5.41, 5.74) is 12.2. The molecule has 0 bridgehead atoms. The fourth-order valence-electron chi connectivity index (χ4n) is 2.85. The van der Waals surface area contributed by atoms with Gasteiger partial charge in [0.2, 0.25) is 5.91 Å². The minimum atomic E-state index is -0.0946. The predicted octanol–water partition coefficient (Wildman–Crippen LogP) is 2.83. The summed E-state index contributed by atoms with van der Waals surface area (Å²) in [6.45, 7) is 6.40. The first-order chi connectivity index (χ1) is 12.5. The highest BCUT2D eigenvalue weighted by Gasteiger charge is 2.13. The summed E-state index contributed by atoms with van der Waals surface area (Å²) in [7, 11) is 0. The number of aromatic nitrogens is 3. The molecule has 0 saturated heterocycles. The fourth-order valence-corrected chi connectivity index (χ4v) is 2.85. The molecule has 6 nitrogen and oxygen atoms in total. The van der Waals surface area contributed by atoms with Crippen LogP contribution in [0, 0.1) is 20.8 Å². The first-order valence-corrected chi connectivity index (χ1v) is 8.54. The minimum absolute atomic E-state index is 0.0946. The molecule has 0 aliphatic heterocycles. The van der Waals surface area contributed by atoms with Crippen LogP contribution >= 0.6 is 0 Å². The molecule has 3 rings (SSSR count). The van der Waals surface area contributed by atoms with E-state index < -0.39 is 0 Å².